The van der Waals surface area contributed by atoms with Crippen molar-refractivity contribution in [1.29, 1.82) is 0 Å². The van der Waals surface area contributed by atoms with Gasteiger partial charge in [0.05, 0.1) is 12.1 Å². The Labute approximate surface area is 152 Å². The molecule has 0 radical (unpaired) electrons. The zero-order chi connectivity index (χ0) is 17.8. The SMILES string of the molecule is C[C@@H](O)c1ccccc1NC(=O)[C@H](C)N1CCN(c2nccs2)CC1. The Morgan fingerprint density at radius 3 is 2.60 bits per heavy atom. The molecule has 1 aliphatic heterocycles. The zero-order valence-corrected chi connectivity index (χ0v) is 15.4. The summed E-state index contributed by atoms with van der Waals surface area (Å²) in [4.78, 5) is 21.4. The van der Waals surface area contributed by atoms with Crippen molar-refractivity contribution in [1.82, 2.24) is 9.88 Å². The molecule has 2 N–H and O–H groups in total. The summed E-state index contributed by atoms with van der Waals surface area (Å²) in [5.74, 6) is -0.0456. The van der Waals surface area contributed by atoms with Gasteiger partial charge >= 0.3 is 0 Å². The van der Waals surface area contributed by atoms with E-state index in [1.54, 1.807) is 18.3 Å². The summed E-state index contributed by atoms with van der Waals surface area (Å²) >= 11 is 1.64. The number of para-hydroxylation sites is 1. The maximum atomic E-state index is 12.6. The van der Waals surface area contributed by atoms with Crippen molar-refractivity contribution in [2.75, 3.05) is 36.4 Å². The highest BCUT2D eigenvalue weighted by atomic mass is 32.1. The quantitative estimate of drug-likeness (QED) is 0.857. The van der Waals surface area contributed by atoms with Crippen LogP contribution in [-0.2, 0) is 4.79 Å². The normalized spacial score (nSPS) is 18.0. The van der Waals surface area contributed by atoms with Crippen molar-refractivity contribution >= 4 is 28.1 Å². The highest BCUT2D eigenvalue weighted by Gasteiger charge is 2.26. The van der Waals surface area contributed by atoms with E-state index in [4.69, 9.17) is 0 Å². The monoisotopic (exact) mass is 360 g/mol. The molecule has 1 aromatic heterocycles. The molecule has 6 nitrogen and oxygen atoms in total. The van der Waals surface area contributed by atoms with Gasteiger partial charge in [-0.05, 0) is 19.9 Å². The number of aromatic nitrogens is 1. The van der Waals surface area contributed by atoms with E-state index in [2.05, 4.69) is 20.1 Å². The summed E-state index contributed by atoms with van der Waals surface area (Å²) in [5.41, 5.74) is 1.41. The van der Waals surface area contributed by atoms with Gasteiger partial charge in [0, 0.05) is 49.0 Å². The Balaban J connectivity index is 1.58. The third-order valence-corrected chi connectivity index (χ3v) is 5.43. The van der Waals surface area contributed by atoms with Gasteiger partial charge in [-0.3, -0.25) is 9.69 Å². The number of anilines is 2. The fourth-order valence-corrected chi connectivity index (χ4v) is 3.75. The molecule has 0 bridgehead atoms. The van der Waals surface area contributed by atoms with Crippen LogP contribution < -0.4 is 10.2 Å². The van der Waals surface area contributed by atoms with Crippen LogP contribution in [0.25, 0.3) is 0 Å². The molecule has 25 heavy (non-hydrogen) atoms. The first-order valence-electron chi connectivity index (χ1n) is 8.52. The van der Waals surface area contributed by atoms with Gasteiger partial charge in [0.1, 0.15) is 0 Å². The summed E-state index contributed by atoms with van der Waals surface area (Å²) in [5, 5.41) is 15.8. The molecule has 2 atom stereocenters. The molecule has 0 unspecified atom stereocenters. The van der Waals surface area contributed by atoms with Crippen LogP contribution in [0.1, 0.15) is 25.5 Å². The lowest BCUT2D eigenvalue weighted by atomic mass is 10.1. The molecule has 0 spiro atoms. The molecule has 1 aliphatic rings. The highest BCUT2D eigenvalue weighted by molar-refractivity contribution is 7.13. The molecule has 2 aromatic rings. The lowest BCUT2D eigenvalue weighted by Crippen LogP contribution is -2.52. The van der Waals surface area contributed by atoms with Crippen molar-refractivity contribution in [3.8, 4) is 0 Å². The molecular formula is C18H24N4O2S. The van der Waals surface area contributed by atoms with Crippen LogP contribution in [0.5, 0.6) is 0 Å². The number of aliphatic hydroxyl groups is 1. The van der Waals surface area contributed by atoms with E-state index in [9.17, 15) is 9.90 Å². The van der Waals surface area contributed by atoms with E-state index in [1.807, 2.05) is 42.8 Å². The molecule has 7 heteroatoms. The topological polar surface area (TPSA) is 68.7 Å². The number of aliphatic hydroxyl groups excluding tert-OH is 1. The standard InChI is InChI=1S/C18H24N4O2S/c1-13(17(24)20-16-6-4-3-5-15(16)14(2)23)21-8-10-22(11-9-21)18-19-7-12-25-18/h3-7,12-14,23H,8-11H2,1-2H3,(H,20,24)/t13-,14+/m0/s1. The lowest BCUT2D eigenvalue weighted by Gasteiger charge is -2.37. The minimum absolute atomic E-state index is 0.0456. The van der Waals surface area contributed by atoms with E-state index in [0.717, 1.165) is 36.9 Å². The summed E-state index contributed by atoms with van der Waals surface area (Å²) in [6, 6.07) is 7.16. The first-order chi connectivity index (χ1) is 12.1. The van der Waals surface area contributed by atoms with Crippen LogP contribution in [0.2, 0.25) is 0 Å². The van der Waals surface area contributed by atoms with E-state index in [-0.39, 0.29) is 11.9 Å². The Kier molecular flexibility index (Phi) is 5.67. The number of thiazole rings is 1. The number of hydrogen-bond acceptors (Lipinski definition) is 6. The summed E-state index contributed by atoms with van der Waals surface area (Å²) in [6.07, 6.45) is 1.20. The average molecular weight is 360 g/mol. The number of hydrogen-bond donors (Lipinski definition) is 2. The first kappa shape index (κ1) is 17.8. The molecule has 2 heterocycles. The van der Waals surface area contributed by atoms with Gasteiger partial charge in [-0.1, -0.05) is 18.2 Å². The van der Waals surface area contributed by atoms with E-state index < -0.39 is 6.10 Å². The number of carbonyl (C=O) groups excluding carboxylic acids is 1. The second-order valence-electron chi connectivity index (χ2n) is 6.27. The Bertz CT molecular complexity index is 697. The third-order valence-electron chi connectivity index (χ3n) is 4.60. The van der Waals surface area contributed by atoms with Crippen LogP contribution in [-0.4, -0.2) is 53.1 Å². The van der Waals surface area contributed by atoms with Crippen LogP contribution in [0.4, 0.5) is 10.8 Å². The fourth-order valence-electron chi connectivity index (χ4n) is 3.05. The lowest BCUT2D eigenvalue weighted by molar-refractivity contribution is -0.120. The smallest absolute Gasteiger partial charge is 0.241 e. The average Bonchev–Trinajstić information content (AvgIpc) is 3.16. The van der Waals surface area contributed by atoms with Crippen molar-refractivity contribution in [3.05, 3.63) is 41.4 Å². The van der Waals surface area contributed by atoms with Crippen LogP contribution in [0.15, 0.2) is 35.8 Å². The van der Waals surface area contributed by atoms with Crippen molar-refractivity contribution in [2.24, 2.45) is 0 Å². The number of rotatable bonds is 5. The van der Waals surface area contributed by atoms with Gasteiger partial charge < -0.3 is 15.3 Å². The molecular weight excluding hydrogens is 336 g/mol. The molecule has 0 saturated carbocycles. The predicted octanol–water partition coefficient (Wildman–Crippen LogP) is 2.35. The van der Waals surface area contributed by atoms with Gasteiger partial charge in [0.2, 0.25) is 5.91 Å². The van der Waals surface area contributed by atoms with Gasteiger partial charge in [0.25, 0.3) is 0 Å². The van der Waals surface area contributed by atoms with Crippen molar-refractivity contribution < 1.29 is 9.90 Å². The van der Waals surface area contributed by atoms with E-state index in [0.29, 0.717) is 5.69 Å². The maximum Gasteiger partial charge on any atom is 0.241 e. The molecule has 0 aliphatic carbocycles. The van der Waals surface area contributed by atoms with E-state index >= 15 is 0 Å². The van der Waals surface area contributed by atoms with Gasteiger partial charge in [-0.25, -0.2) is 4.98 Å². The fraction of sp³-hybridized carbons (Fsp3) is 0.444. The number of carbonyl (C=O) groups is 1. The number of benzene rings is 1. The predicted molar refractivity (Wildman–Crippen MR) is 101 cm³/mol. The minimum atomic E-state index is -0.617. The van der Waals surface area contributed by atoms with Gasteiger partial charge in [0.15, 0.2) is 5.13 Å². The zero-order valence-electron chi connectivity index (χ0n) is 14.6. The summed E-state index contributed by atoms with van der Waals surface area (Å²) in [6.45, 7) is 7.02. The Morgan fingerprint density at radius 1 is 1.24 bits per heavy atom. The molecule has 1 amide bonds. The minimum Gasteiger partial charge on any atom is -0.389 e. The van der Waals surface area contributed by atoms with E-state index in [1.165, 1.54) is 0 Å². The van der Waals surface area contributed by atoms with Crippen LogP contribution >= 0.6 is 11.3 Å². The molecule has 1 saturated heterocycles. The largest absolute Gasteiger partial charge is 0.389 e. The van der Waals surface area contributed by atoms with Crippen LogP contribution in [0.3, 0.4) is 0 Å². The molecule has 1 fully saturated rings. The number of nitrogens with one attached hydrogen (secondary N) is 1. The number of nitrogens with zero attached hydrogens (tertiary/aromatic N) is 3. The maximum absolute atomic E-state index is 12.6. The third kappa shape index (κ3) is 4.18. The first-order valence-corrected chi connectivity index (χ1v) is 9.40. The molecule has 1 aromatic carbocycles. The Morgan fingerprint density at radius 2 is 1.96 bits per heavy atom. The van der Waals surface area contributed by atoms with Crippen LogP contribution in [0, 0.1) is 0 Å². The van der Waals surface area contributed by atoms with Crippen molar-refractivity contribution in [2.45, 2.75) is 26.0 Å². The Hall–Kier alpha value is -1.96. The number of piperazine rings is 1. The van der Waals surface area contributed by atoms with Gasteiger partial charge in [-0.2, -0.15) is 0 Å². The summed E-state index contributed by atoms with van der Waals surface area (Å²) < 4.78 is 0. The van der Waals surface area contributed by atoms with Gasteiger partial charge in [-0.15, -0.1) is 11.3 Å². The second kappa shape index (κ2) is 7.95. The molecule has 134 valence electrons. The second-order valence-corrected chi connectivity index (χ2v) is 7.14. The molecule has 3 rings (SSSR count). The number of amides is 1. The summed E-state index contributed by atoms with van der Waals surface area (Å²) in [7, 11) is 0. The highest BCUT2D eigenvalue weighted by Crippen LogP contribution is 2.23. The van der Waals surface area contributed by atoms with Crippen molar-refractivity contribution in [3.63, 3.8) is 0 Å².